The van der Waals surface area contributed by atoms with Crippen molar-refractivity contribution in [3.8, 4) is 16.9 Å². The summed E-state index contributed by atoms with van der Waals surface area (Å²) in [6, 6.07) is 3.67. The smallest absolute Gasteiger partial charge is 0.261 e. The molecule has 0 unspecified atom stereocenters. The number of fused-ring (bicyclic) bond motifs is 1. The highest BCUT2D eigenvalue weighted by molar-refractivity contribution is 5.83. The summed E-state index contributed by atoms with van der Waals surface area (Å²) in [6.07, 6.45) is 8.68. The van der Waals surface area contributed by atoms with Crippen LogP contribution in [0.5, 0.6) is 5.75 Å². The van der Waals surface area contributed by atoms with Crippen LogP contribution >= 0.6 is 0 Å². The molecule has 0 aromatic carbocycles. The molecule has 4 aromatic rings. The zero-order valence-electron chi connectivity index (χ0n) is 18.9. The van der Waals surface area contributed by atoms with Gasteiger partial charge in [-0.25, -0.2) is 9.37 Å². The number of hydrogen-bond acceptors (Lipinski definition) is 7. The Hall–Kier alpha value is -4.28. The predicted octanol–water partition coefficient (Wildman–Crippen LogP) is 2.82. The first-order valence-corrected chi connectivity index (χ1v) is 10.7. The lowest BCUT2D eigenvalue weighted by molar-refractivity contribution is -0.123. The van der Waals surface area contributed by atoms with Crippen LogP contribution in [0.1, 0.15) is 26.3 Å². The molecule has 0 aliphatic heterocycles. The Bertz CT molecular complexity index is 1400. The van der Waals surface area contributed by atoms with Crippen LogP contribution in [0.25, 0.3) is 22.0 Å². The van der Waals surface area contributed by atoms with Gasteiger partial charge < -0.3 is 9.30 Å². The van der Waals surface area contributed by atoms with Gasteiger partial charge in [0.05, 0.1) is 29.9 Å². The molecule has 0 saturated carbocycles. The van der Waals surface area contributed by atoms with E-state index in [1.807, 2.05) is 6.92 Å². The highest BCUT2D eigenvalue weighted by atomic mass is 19.1. The van der Waals surface area contributed by atoms with Crippen LogP contribution in [-0.4, -0.2) is 36.8 Å². The molecule has 4 aromatic heterocycles. The molecule has 34 heavy (non-hydrogen) atoms. The number of ether oxygens (including phenoxy) is 1. The summed E-state index contributed by atoms with van der Waals surface area (Å²) in [7, 11) is 1.76. The molecule has 0 aliphatic carbocycles. The van der Waals surface area contributed by atoms with E-state index in [0.717, 1.165) is 6.42 Å². The number of anilines is 1. The predicted molar refractivity (Wildman–Crippen MR) is 125 cm³/mol. The van der Waals surface area contributed by atoms with Crippen molar-refractivity contribution in [1.82, 2.24) is 29.7 Å². The molecule has 10 nitrogen and oxygen atoms in total. The zero-order valence-corrected chi connectivity index (χ0v) is 18.9. The van der Waals surface area contributed by atoms with Crippen molar-refractivity contribution in [2.45, 2.75) is 26.3 Å². The van der Waals surface area contributed by atoms with E-state index in [9.17, 15) is 14.0 Å². The first-order chi connectivity index (χ1) is 16.4. The lowest BCUT2D eigenvalue weighted by Crippen LogP contribution is -2.38. The molecule has 4 heterocycles. The van der Waals surface area contributed by atoms with E-state index in [-0.39, 0.29) is 11.4 Å². The molecule has 0 aliphatic rings. The molecule has 0 bridgehead atoms. The molecule has 0 saturated heterocycles. The van der Waals surface area contributed by atoms with Gasteiger partial charge in [0, 0.05) is 36.8 Å². The summed E-state index contributed by atoms with van der Waals surface area (Å²) in [6.45, 7) is 4.04. The molecule has 1 amide bonds. The second-order valence-electron chi connectivity index (χ2n) is 7.73. The minimum atomic E-state index is -0.887. The van der Waals surface area contributed by atoms with Gasteiger partial charge in [0.15, 0.2) is 11.6 Å². The van der Waals surface area contributed by atoms with Gasteiger partial charge in [-0.3, -0.25) is 30.1 Å². The third kappa shape index (κ3) is 4.72. The van der Waals surface area contributed by atoms with E-state index in [0.29, 0.717) is 34.4 Å². The van der Waals surface area contributed by atoms with Crippen molar-refractivity contribution in [1.29, 1.82) is 0 Å². The maximum Gasteiger partial charge on any atom is 0.261 e. The normalized spacial score (nSPS) is 11.9. The van der Waals surface area contributed by atoms with Gasteiger partial charge in [0.1, 0.15) is 11.8 Å². The minimum Gasteiger partial charge on any atom is -0.492 e. The molecule has 0 fully saturated rings. The third-order valence-corrected chi connectivity index (χ3v) is 5.20. The number of halogens is 1. The minimum absolute atomic E-state index is 0.152. The van der Waals surface area contributed by atoms with E-state index < -0.39 is 17.8 Å². The molecule has 11 heteroatoms. The van der Waals surface area contributed by atoms with Crippen LogP contribution in [0.4, 0.5) is 10.2 Å². The summed E-state index contributed by atoms with van der Waals surface area (Å²) in [5.74, 6) is -0.867. The Balaban J connectivity index is 1.48. The van der Waals surface area contributed by atoms with Crippen LogP contribution in [0.15, 0.2) is 54.0 Å². The highest BCUT2D eigenvalue weighted by Crippen LogP contribution is 2.21. The zero-order chi connectivity index (χ0) is 24.2. The molecule has 2 N–H and O–H groups in total. The van der Waals surface area contributed by atoms with Gasteiger partial charge in [0.2, 0.25) is 0 Å². The third-order valence-electron chi connectivity index (χ3n) is 5.20. The number of aryl methyl sites for hydroxylation is 1. The number of aromatic nitrogens is 5. The maximum atomic E-state index is 14.5. The standard InChI is InChI=1S/C23H24FN7O3/c1-4-7-34-17-9-18-20(25-12-17)5-6-31(23(18)33)14(2)22(32)29-28-21-19(24)8-15(10-26-21)16-11-27-30(3)13-16/h5-6,8-14H,4,7H2,1-3H3,(H,26,28)(H,29,32)/t14-/m1/s1. The number of carbonyl (C=O) groups excluding carboxylic acids is 1. The topological polar surface area (TPSA) is 116 Å². The Labute approximate surface area is 194 Å². The number of pyridine rings is 3. The number of hydrogen-bond donors (Lipinski definition) is 2. The summed E-state index contributed by atoms with van der Waals surface area (Å²) >= 11 is 0. The van der Waals surface area contributed by atoms with Gasteiger partial charge in [-0.15, -0.1) is 0 Å². The van der Waals surface area contributed by atoms with E-state index in [1.54, 1.807) is 49.4 Å². The van der Waals surface area contributed by atoms with Crippen LogP contribution in [0, 0.1) is 5.82 Å². The van der Waals surface area contributed by atoms with Crippen LogP contribution in [-0.2, 0) is 11.8 Å². The average molecular weight is 465 g/mol. The molecule has 0 radical (unpaired) electrons. The quantitative estimate of drug-likeness (QED) is 0.385. The number of carbonyl (C=O) groups is 1. The lowest BCUT2D eigenvalue weighted by Gasteiger charge is -2.17. The van der Waals surface area contributed by atoms with Gasteiger partial charge in [-0.2, -0.15) is 5.10 Å². The van der Waals surface area contributed by atoms with E-state index in [2.05, 4.69) is 25.9 Å². The number of rotatable bonds is 8. The Morgan fingerprint density at radius 3 is 2.74 bits per heavy atom. The van der Waals surface area contributed by atoms with Gasteiger partial charge >= 0.3 is 0 Å². The first kappa shape index (κ1) is 22.9. The maximum absolute atomic E-state index is 14.5. The van der Waals surface area contributed by atoms with Crippen LogP contribution < -0.4 is 21.1 Å². The lowest BCUT2D eigenvalue weighted by atomic mass is 10.1. The van der Waals surface area contributed by atoms with Crippen molar-refractivity contribution in [2.24, 2.45) is 7.05 Å². The number of nitrogens with one attached hydrogen (secondary N) is 2. The van der Waals surface area contributed by atoms with E-state index in [4.69, 9.17) is 4.74 Å². The first-order valence-electron chi connectivity index (χ1n) is 10.7. The Morgan fingerprint density at radius 2 is 2.03 bits per heavy atom. The molecule has 1 atom stereocenters. The molecular formula is C23H24FN7O3. The molecule has 176 valence electrons. The van der Waals surface area contributed by atoms with Crippen molar-refractivity contribution >= 4 is 22.6 Å². The fourth-order valence-corrected chi connectivity index (χ4v) is 3.33. The summed E-state index contributed by atoms with van der Waals surface area (Å²) < 4.78 is 22.9. The SMILES string of the molecule is CCCOc1cnc2ccn([C@H](C)C(=O)NNc3ncc(-c4cnn(C)c4)cc3F)c(=O)c2c1. The Morgan fingerprint density at radius 1 is 1.21 bits per heavy atom. The average Bonchev–Trinajstić information content (AvgIpc) is 3.28. The van der Waals surface area contributed by atoms with E-state index in [1.165, 1.54) is 23.0 Å². The second kappa shape index (κ2) is 9.69. The number of nitrogens with zero attached hydrogens (tertiary/aromatic N) is 5. The van der Waals surface area contributed by atoms with Crippen LogP contribution in [0.2, 0.25) is 0 Å². The fourth-order valence-electron chi connectivity index (χ4n) is 3.33. The summed E-state index contributed by atoms with van der Waals surface area (Å²) in [4.78, 5) is 34.0. The van der Waals surface area contributed by atoms with Crippen molar-refractivity contribution in [2.75, 3.05) is 12.0 Å². The van der Waals surface area contributed by atoms with Crippen molar-refractivity contribution in [3.63, 3.8) is 0 Å². The van der Waals surface area contributed by atoms with Crippen molar-refractivity contribution in [3.05, 3.63) is 65.4 Å². The number of hydrazine groups is 1. The van der Waals surface area contributed by atoms with Gasteiger partial charge in [0.25, 0.3) is 11.5 Å². The summed E-state index contributed by atoms with van der Waals surface area (Å²) in [5, 5.41) is 4.39. The number of amides is 1. The van der Waals surface area contributed by atoms with Gasteiger partial charge in [-0.1, -0.05) is 6.92 Å². The monoisotopic (exact) mass is 465 g/mol. The molecular weight excluding hydrogens is 441 g/mol. The summed E-state index contributed by atoms with van der Waals surface area (Å²) in [5.41, 5.74) is 6.26. The Kier molecular flexibility index (Phi) is 6.53. The fraction of sp³-hybridized carbons (Fsp3) is 0.261. The van der Waals surface area contributed by atoms with Crippen molar-refractivity contribution < 1.29 is 13.9 Å². The molecule has 4 rings (SSSR count). The highest BCUT2D eigenvalue weighted by Gasteiger charge is 2.18. The molecule has 0 spiro atoms. The second-order valence-corrected chi connectivity index (χ2v) is 7.73. The van der Waals surface area contributed by atoms with E-state index >= 15 is 0 Å². The van der Waals surface area contributed by atoms with Crippen LogP contribution in [0.3, 0.4) is 0 Å². The van der Waals surface area contributed by atoms with Gasteiger partial charge in [-0.05, 0) is 31.5 Å². The largest absolute Gasteiger partial charge is 0.492 e.